The highest BCUT2D eigenvalue weighted by Crippen LogP contribution is 1.95. The Morgan fingerprint density at radius 2 is 1.94 bits per heavy atom. The number of carboxylic acids is 2. The van der Waals surface area contributed by atoms with Crippen LogP contribution < -0.4 is 11.1 Å². The number of thiocarbonyl (C=S) groups is 1. The number of rotatable bonds is 5. The molecule has 0 amide bonds. The molecule has 0 saturated heterocycles. The lowest BCUT2D eigenvalue weighted by molar-refractivity contribution is -0.139. The zero-order valence-electron chi connectivity index (χ0n) is 8.60. The molecule has 0 unspecified atom stereocenters. The molecule has 0 heterocycles. The molecule has 0 aromatic carbocycles. The predicted molar refractivity (Wildman–Crippen MR) is 64.0 cm³/mol. The van der Waals surface area contributed by atoms with Crippen LogP contribution in [0.15, 0.2) is 24.8 Å². The van der Waals surface area contributed by atoms with Gasteiger partial charge in [0, 0.05) is 12.1 Å². The second-order valence-corrected chi connectivity index (χ2v) is 2.95. The van der Waals surface area contributed by atoms with Crippen molar-refractivity contribution >= 4 is 29.3 Å². The summed E-state index contributed by atoms with van der Waals surface area (Å²) >= 11 is 4.48. The molecule has 0 aliphatic carbocycles. The van der Waals surface area contributed by atoms with E-state index in [4.69, 9.17) is 15.9 Å². The van der Waals surface area contributed by atoms with Gasteiger partial charge in [0.2, 0.25) is 0 Å². The van der Waals surface area contributed by atoms with E-state index in [9.17, 15) is 9.59 Å². The van der Waals surface area contributed by atoms with Crippen molar-refractivity contribution < 1.29 is 19.8 Å². The maximum absolute atomic E-state index is 9.87. The molecule has 90 valence electrons. The summed E-state index contributed by atoms with van der Waals surface area (Å²) in [7, 11) is 0. The zero-order chi connectivity index (χ0) is 13.1. The highest BCUT2D eigenvalue weighted by molar-refractivity contribution is 7.80. The molecule has 6 nitrogen and oxygen atoms in total. The van der Waals surface area contributed by atoms with E-state index >= 15 is 0 Å². The maximum Gasteiger partial charge on any atom is 0.331 e. The molecule has 0 aromatic rings. The minimum Gasteiger partial charge on any atom is -0.481 e. The third-order valence-corrected chi connectivity index (χ3v) is 1.23. The summed E-state index contributed by atoms with van der Waals surface area (Å²) in [5.74, 6) is -2.44. The Morgan fingerprint density at radius 1 is 1.44 bits per heavy atom. The highest BCUT2D eigenvalue weighted by Gasteiger charge is 2.07. The third kappa shape index (κ3) is 14.6. The van der Waals surface area contributed by atoms with Gasteiger partial charge in [-0.25, -0.2) is 4.79 Å². The molecule has 0 bridgehead atoms. The average molecular weight is 246 g/mol. The molecule has 0 aliphatic rings. The molecule has 0 aliphatic heterocycles. The van der Waals surface area contributed by atoms with E-state index in [1.165, 1.54) is 0 Å². The quantitative estimate of drug-likeness (QED) is 0.309. The first-order valence-electron chi connectivity index (χ1n) is 4.08. The van der Waals surface area contributed by atoms with Gasteiger partial charge in [-0.1, -0.05) is 12.7 Å². The van der Waals surface area contributed by atoms with Gasteiger partial charge in [0.1, 0.15) is 0 Å². The first-order valence-corrected chi connectivity index (χ1v) is 4.49. The standard InChI is InChI=1S/C5H6O4.C4H8N2S/c1-3(5(8)9)2-4(6)7;1-2-3-6-4(5)7/h1-2H2,(H,6,7)(H,8,9);2H,1,3H2,(H3,5,6,7). The van der Waals surface area contributed by atoms with Gasteiger partial charge < -0.3 is 21.3 Å². The van der Waals surface area contributed by atoms with Crippen molar-refractivity contribution in [2.24, 2.45) is 5.73 Å². The lowest BCUT2D eigenvalue weighted by Crippen LogP contribution is -2.28. The Morgan fingerprint density at radius 3 is 2.06 bits per heavy atom. The monoisotopic (exact) mass is 246 g/mol. The molecule has 16 heavy (non-hydrogen) atoms. The van der Waals surface area contributed by atoms with Crippen LogP contribution >= 0.6 is 12.2 Å². The van der Waals surface area contributed by atoms with Crippen molar-refractivity contribution in [2.45, 2.75) is 6.42 Å². The summed E-state index contributed by atoms with van der Waals surface area (Å²) in [6, 6.07) is 0. The molecule has 0 rings (SSSR count). The Bertz CT molecular complexity index is 302. The molecule has 0 fully saturated rings. The Kier molecular flexibility index (Phi) is 9.98. The first kappa shape index (κ1) is 16.5. The second kappa shape index (κ2) is 9.66. The fourth-order valence-corrected chi connectivity index (χ4v) is 0.514. The summed E-state index contributed by atoms with van der Waals surface area (Å²) in [6.45, 7) is 7.12. The van der Waals surface area contributed by atoms with Crippen LogP contribution in [-0.2, 0) is 9.59 Å². The van der Waals surface area contributed by atoms with Crippen molar-refractivity contribution in [1.29, 1.82) is 0 Å². The van der Waals surface area contributed by atoms with Gasteiger partial charge in [-0.15, -0.1) is 6.58 Å². The van der Waals surface area contributed by atoms with E-state index in [1.807, 2.05) is 0 Å². The molecule has 7 heteroatoms. The number of hydrogen-bond acceptors (Lipinski definition) is 3. The van der Waals surface area contributed by atoms with Crippen LogP contribution in [0.1, 0.15) is 6.42 Å². The average Bonchev–Trinajstić information content (AvgIpc) is 2.14. The minimum atomic E-state index is -1.27. The Balaban J connectivity index is 0. The van der Waals surface area contributed by atoms with E-state index < -0.39 is 18.4 Å². The molecule has 0 radical (unpaired) electrons. The fourth-order valence-electron chi connectivity index (χ4n) is 0.431. The van der Waals surface area contributed by atoms with Crippen molar-refractivity contribution in [3.05, 3.63) is 24.8 Å². The van der Waals surface area contributed by atoms with Crippen LogP contribution in [0.4, 0.5) is 0 Å². The third-order valence-electron chi connectivity index (χ3n) is 1.09. The van der Waals surface area contributed by atoms with Gasteiger partial charge in [-0.3, -0.25) is 4.79 Å². The van der Waals surface area contributed by atoms with Gasteiger partial charge in [0.15, 0.2) is 5.11 Å². The normalized spacial score (nSPS) is 8.00. The van der Waals surface area contributed by atoms with Crippen LogP contribution in [-0.4, -0.2) is 33.8 Å². The summed E-state index contributed by atoms with van der Waals surface area (Å²) in [5.41, 5.74) is 4.75. The van der Waals surface area contributed by atoms with Gasteiger partial charge in [0.25, 0.3) is 0 Å². The molecular weight excluding hydrogens is 232 g/mol. The first-order chi connectivity index (χ1) is 7.31. The fraction of sp³-hybridized carbons (Fsp3) is 0.222. The van der Waals surface area contributed by atoms with E-state index in [0.717, 1.165) is 0 Å². The van der Waals surface area contributed by atoms with Gasteiger partial charge in [-0.05, 0) is 12.2 Å². The van der Waals surface area contributed by atoms with Crippen LogP contribution in [0.25, 0.3) is 0 Å². The van der Waals surface area contributed by atoms with Crippen LogP contribution in [0.2, 0.25) is 0 Å². The topological polar surface area (TPSA) is 113 Å². The van der Waals surface area contributed by atoms with E-state index in [-0.39, 0.29) is 5.57 Å². The Hall–Kier alpha value is -1.89. The molecule has 0 atom stereocenters. The molecule has 0 aromatic heterocycles. The maximum atomic E-state index is 9.87. The second-order valence-electron chi connectivity index (χ2n) is 2.51. The number of nitrogens with two attached hydrogens (primary N) is 1. The summed E-state index contributed by atoms with van der Waals surface area (Å²) < 4.78 is 0. The van der Waals surface area contributed by atoms with Crippen molar-refractivity contribution in [1.82, 2.24) is 5.32 Å². The Labute approximate surface area is 98.4 Å². The number of carbonyl (C=O) groups is 2. The number of carboxylic acid groups (broad SMARTS) is 2. The number of nitrogens with one attached hydrogen (secondary N) is 1. The number of hydrogen-bond donors (Lipinski definition) is 4. The van der Waals surface area contributed by atoms with Gasteiger partial charge in [-0.2, -0.15) is 0 Å². The zero-order valence-corrected chi connectivity index (χ0v) is 9.42. The SMILES string of the molecule is C=C(CC(=O)O)C(=O)O.C=CCNC(N)=S. The largest absolute Gasteiger partial charge is 0.481 e. The van der Waals surface area contributed by atoms with E-state index in [0.29, 0.717) is 11.7 Å². The minimum absolute atomic E-state index is 0.303. The summed E-state index contributed by atoms with van der Waals surface area (Å²) in [5, 5.41) is 19.1. The van der Waals surface area contributed by atoms with Crippen LogP contribution in [0.5, 0.6) is 0 Å². The predicted octanol–water partition coefficient (Wildman–Crippen LogP) is 0.108. The van der Waals surface area contributed by atoms with E-state index in [2.05, 4.69) is 30.7 Å². The molecule has 5 N–H and O–H groups in total. The van der Waals surface area contributed by atoms with Crippen LogP contribution in [0, 0.1) is 0 Å². The van der Waals surface area contributed by atoms with Gasteiger partial charge in [0.05, 0.1) is 6.42 Å². The van der Waals surface area contributed by atoms with Crippen molar-refractivity contribution in [2.75, 3.05) is 6.54 Å². The summed E-state index contributed by atoms with van der Waals surface area (Å²) in [4.78, 5) is 19.7. The van der Waals surface area contributed by atoms with Crippen molar-refractivity contribution in [3.8, 4) is 0 Å². The van der Waals surface area contributed by atoms with Gasteiger partial charge >= 0.3 is 11.9 Å². The lowest BCUT2D eigenvalue weighted by atomic mass is 10.2. The smallest absolute Gasteiger partial charge is 0.331 e. The lowest BCUT2D eigenvalue weighted by Gasteiger charge is -1.94. The highest BCUT2D eigenvalue weighted by atomic mass is 32.1. The van der Waals surface area contributed by atoms with Crippen LogP contribution in [0.3, 0.4) is 0 Å². The van der Waals surface area contributed by atoms with E-state index in [1.54, 1.807) is 6.08 Å². The molecule has 0 saturated carbocycles. The summed E-state index contributed by atoms with van der Waals surface area (Å²) in [6.07, 6.45) is 1.19. The molecular formula is C9H14N2O4S. The number of aliphatic carboxylic acids is 2. The molecule has 0 spiro atoms. The van der Waals surface area contributed by atoms with Crippen molar-refractivity contribution in [3.63, 3.8) is 0 Å².